The van der Waals surface area contributed by atoms with Crippen LogP contribution in [0.25, 0.3) is 22.5 Å². The minimum atomic E-state index is -4.47. The van der Waals surface area contributed by atoms with Crippen molar-refractivity contribution in [1.29, 1.82) is 0 Å². The second kappa shape index (κ2) is 6.89. The number of aliphatic imine (C=N–C) groups is 1. The first-order valence-corrected chi connectivity index (χ1v) is 9.11. The lowest BCUT2D eigenvalue weighted by Gasteiger charge is -2.09. The molecule has 0 atom stereocenters. The summed E-state index contributed by atoms with van der Waals surface area (Å²) in [7, 11) is 0. The molecule has 0 bridgehead atoms. The van der Waals surface area contributed by atoms with Gasteiger partial charge in [-0.15, -0.1) is 0 Å². The Morgan fingerprint density at radius 2 is 2.00 bits per heavy atom. The third kappa shape index (κ3) is 3.21. The Balaban J connectivity index is 1.90. The molecule has 4 nitrogen and oxygen atoms in total. The molecule has 0 fully saturated rings. The van der Waals surface area contributed by atoms with Crippen LogP contribution in [0.15, 0.2) is 52.1 Å². The van der Waals surface area contributed by atoms with E-state index in [4.69, 9.17) is 4.42 Å². The zero-order chi connectivity index (χ0) is 19.9. The van der Waals surface area contributed by atoms with Crippen LogP contribution in [0.2, 0.25) is 0 Å². The molecule has 1 N–H and O–H groups in total. The third-order valence-corrected chi connectivity index (χ3v) is 4.88. The van der Waals surface area contributed by atoms with Gasteiger partial charge in [0.1, 0.15) is 0 Å². The molecule has 7 heteroatoms. The first-order chi connectivity index (χ1) is 13.4. The Hall–Kier alpha value is -2.96. The second-order valence-corrected chi connectivity index (χ2v) is 6.73. The predicted molar refractivity (Wildman–Crippen MR) is 101 cm³/mol. The minimum absolute atomic E-state index is 0.169. The number of aromatic hydroxyl groups is 1. The summed E-state index contributed by atoms with van der Waals surface area (Å²) in [4.78, 5) is 4.42. The molecule has 0 unspecified atom stereocenters. The summed E-state index contributed by atoms with van der Waals surface area (Å²) in [5.74, 6) is 0.413. The Morgan fingerprint density at radius 3 is 2.64 bits per heavy atom. The van der Waals surface area contributed by atoms with Crippen molar-refractivity contribution in [3.63, 3.8) is 0 Å². The fourth-order valence-electron chi connectivity index (χ4n) is 3.44. The van der Waals surface area contributed by atoms with Gasteiger partial charge in [0.25, 0.3) is 0 Å². The smallest absolute Gasteiger partial charge is 0.416 e. The summed E-state index contributed by atoms with van der Waals surface area (Å²) in [6.07, 6.45) is 0.721. The van der Waals surface area contributed by atoms with Crippen molar-refractivity contribution in [3.8, 4) is 28.2 Å². The number of hydrogen-bond acceptors (Lipinski definition) is 3. The van der Waals surface area contributed by atoms with E-state index in [1.807, 2.05) is 23.9 Å². The maximum Gasteiger partial charge on any atom is 0.416 e. The van der Waals surface area contributed by atoms with Gasteiger partial charge in [0, 0.05) is 31.0 Å². The molecule has 4 rings (SSSR count). The topological polar surface area (TPSA) is 50.7 Å². The van der Waals surface area contributed by atoms with E-state index in [0.717, 1.165) is 25.1 Å². The summed E-state index contributed by atoms with van der Waals surface area (Å²) < 4.78 is 47.5. The molecule has 1 aromatic carbocycles. The van der Waals surface area contributed by atoms with E-state index in [1.54, 1.807) is 12.1 Å². The average Bonchev–Trinajstić information content (AvgIpc) is 3.40. The van der Waals surface area contributed by atoms with Crippen LogP contribution in [0.1, 0.15) is 31.1 Å². The summed E-state index contributed by atoms with van der Waals surface area (Å²) in [5, 5.41) is 10.9. The summed E-state index contributed by atoms with van der Waals surface area (Å²) in [6.45, 7) is 3.38. The largest absolute Gasteiger partial charge is 0.504 e. The molecule has 0 radical (unpaired) electrons. The quantitative estimate of drug-likeness (QED) is 0.619. The van der Waals surface area contributed by atoms with Crippen molar-refractivity contribution < 1.29 is 22.7 Å². The van der Waals surface area contributed by atoms with Gasteiger partial charge >= 0.3 is 6.18 Å². The SMILES string of the molecule is CCn1ccc(-c2oc(C3=NCCC3)c(-c3cccc(C(F)(F)F)c3)c2O)c1. The van der Waals surface area contributed by atoms with Gasteiger partial charge < -0.3 is 14.1 Å². The van der Waals surface area contributed by atoms with Crippen molar-refractivity contribution in [3.05, 3.63) is 54.0 Å². The van der Waals surface area contributed by atoms with Crippen LogP contribution in [-0.2, 0) is 12.7 Å². The number of nitrogens with zero attached hydrogens (tertiary/aromatic N) is 2. The van der Waals surface area contributed by atoms with Crippen LogP contribution < -0.4 is 0 Å². The Bertz CT molecular complexity index is 1040. The van der Waals surface area contributed by atoms with Crippen LogP contribution in [0.4, 0.5) is 13.2 Å². The summed E-state index contributed by atoms with van der Waals surface area (Å²) in [5.41, 5.74) is 1.07. The van der Waals surface area contributed by atoms with Gasteiger partial charge in [0.2, 0.25) is 0 Å². The zero-order valence-corrected chi connectivity index (χ0v) is 15.3. The van der Waals surface area contributed by atoms with Gasteiger partial charge in [0.05, 0.1) is 16.8 Å². The van der Waals surface area contributed by atoms with E-state index < -0.39 is 11.7 Å². The molecule has 3 heterocycles. The monoisotopic (exact) mass is 388 g/mol. The fourth-order valence-corrected chi connectivity index (χ4v) is 3.44. The molecule has 0 aliphatic carbocycles. The molecule has 0 saturated carbocycles. The number of aryl methyl sites for hydroxylation is 1. The van der Waals surface area contributed by atoms with E-state index in [2.05, 4.69) is 4.99 Å². The van der Waals surface area contributed by atoms with Gasteiger partial charge in [-0.1, -0.05) is 12.1 Å². The number of rotatable bonds is 4. The highest BCUT2D eigenvalue weighted by molar-refractivity contribution is 6.07. The van der Waals surface area contributed by atoms with Crippen molar-refractivity contribution in [2.24, 2.45) is 4.99 Å². The maximum atomic E-state index is 13.2. The van der Waals surface area contributed by atoms with Crippen LogP contribution >= 0.6 is 0 Å². The van der Waals surface area contributed by atoms with E-state index in [-0.39, 0.29) is 22.6 Å². The number of alkyl halides is 3. The van der Waals surface area contributed by atoms with Crippen LogP contribution in [0, 0.1) is 0 Å². The number of aromatic nitrogens is 1. The first-order valence-electron chi connectivity index (χ1n) is 9.11. The Kier molecular flexibility index (Phi) is 4.53. The van der Waals surface area contributed by atoms with Gasteiger partial charge in [-0.2, -0.15) is 13.2 Å². The zero-order valence-electron chi connectivity index (χ0n) is 15.3. The number of hydrogen-bond donors (Lipinski definition) is 1. The van der Waals surface area contributed by atoms with Gasteiger partial charge in [-0.3, -0.25) is 4.99 Å². The molecule has 28 heavy (non-hydrogen) atoms. The molecule has 1 aliphatic heterocycles. The summed E-state index contributed by atoms with van der Waals surface area (Å²) in [6, 6.07) is 6.72. The normalized spacial score (nSPS) is 14.5. The first kappa shape index (κ1) is 18.4. The predicted octanol–water partition coefficient (Wildman–Crippen LogP) is 5.74. The van der Waals surface area contributed by atoms with Gasteiger partial charge in [-0.25, -0.2) is 0 Å². The standard InChI is InChI=1S/C21H19F3N2O2/c1-2-26-10-8-14(12-26)19-18(27)17(20(28-19)16-7-4-9-25-16)13-5-3-6-15(11-13)21(22,23)24/h3,5-6,8,10-12,27H,2,4,7,9H2,1H3. The number of halogens is 3. The van der Waals surface area contributed by atoms with Crippen molar-refractivity contribution in [2.75, 3.05) is 6.54 Å². The van der Waals surface area contributed by atoms with Crippen LogP contribution in [0.5, 0.6) is 5.75 Å². The molecule has 0 spiro atoms. The molecule has 2 aromatic heterocycles. The van der Waals surface area contributed by atoms with E-state index in [1.165, 1.54) is 6.07 Å². The second-order valence-electron chi connectivity index (χ2n) is 6.73. The highest BCUT2D eigenvalue weighted by Gasteiger charge is 2.32. The van der Waals surface area contributed by atoms with Crippen molar-refractivity contribution in [2.45, 2.75) is 32.5 Å². The third-order valence-electron chi connectivity index (χ3n) is 4.88. The molecule has 0 saturated heterocycles. The highest BCUT2D eigenvalue weighted by Crippen LogP contribution is 2.45. The molecule has 3 aromatic rings. The molecule has 0 amide bonds. The number of benzene rings is 1. The average molecular weight is 388 g/mol. The summed E-state index contributed by atoms with van der Waals surface area (Å²) >= 11 is 0. The highest BCUT2D eigenvalue weighted by atomic mass is 19.4. The van der Waals surface area contributed by atoms with Crippen LogP contribution in [-0.4, -0.2) is 21.9 Å². The van der Waals surface area contributed by atoms with Gasteiger partial charge in [0.15, 0.2) is 17.3 Å². The Labute approximate surface area is 159 Å². The van der Waals surface area contributed by atoms with Gasteiger partial charge in [-0.05, 0) is 43.5 Å². The van der Waals surface area contributed by atoms with E-state index in [9.17, 15) is 18.3 Å². The lowest BCUT2D eigenvalue weighted by molar-refractivity contribution is -0.137. The molecular formula is C21H19F3N2O2. The fraction of sp³-hybridized carbons (Fsp3) is 0.286. The maximum absolute atomic E-state index is 13.2. The van der Waals surface area contributed by atoms with E-state index >= 15 is 0 Å². The molecular weight excluding hydrogens is 369 g/mol. The molecule has 1 aliphatic rings. The lowest BCUT2D eigenvalue weighted by Crippen LogP contribution is -2.05. The van der Waals surface area contributed by atoms with Crippen molar-refractivity contribution >= 4 is 5.71 Å². The number of furan rings is 1. The van der Waals surface area contributed by atoms with Crippen LogP contribution in [0.3, 0.4) is 0 Å². The van der Waals surface area contributed by atoms with E-state index in [0.29, 0.717) is 30.0 Å². The minimum Gasteiger partial charge on any atom is -0.504 e. The van der Waals surface area contributed by atoms with Crippen molar-refractivity contribution in [1.82, 2.24) is 4.57 Å². The Morgan fingerprint density at radius 1 is 1.18 bits per heavy atom. The lowest BCUT2D eigenvalue weighted by atomic mass is 9.99. The molecule has 146 valence electrons.